The molecule has 1 amide bonds. The lowest BCUT2D eigenvalue weighted by molar-refractivity contribution is 0.0463. The van der Waals surface area contributed by atoms with E-state index in [2.05, 4.69) is 21.2 Å². The van der Waals surface area contributed by atoms with Gasteiger partial charge in [0.15, 0.2) is 0 Å². The molecule has 0 spiro atoms. The smallest absolute Gasteiger partial charge is 0.409 e. The lowest BCUT2D eigenvalue weighted by Crippen LogP contribution is -2.49. The monoisotopic (exact) mass is 464 g/mol. The first kappa shape index (κ1) is 21.9. The predicted octanol–water partition coefficient (Wildman–Crippen LogP) is 2.87. The number of carbonyl (C=O) groups excluding carboxylic acids is 1. The van der Waals surface area contributed by atoms with E-state index >= 15 is 0 Å². The number of aliphatic hydroxyl groups excluding tert-OH is 1. The number of piperazine rings is 1. The van der Waals surface area contributed by atoms with E-state index < -0.39 is 12.2 Å². The second-order valence-electron chi connectivity index (χ2n) is 8.30. The van der Waals surface area contributed by atoms with Crippen molar-refractivity contribution in [3.05, 3.63) is 72.6 Å². The van der Waals surface area contributed by atoms with Crippen molar-refractivity contribution in [2.24, 2.45) is 7.05 Å². The van der Waals surface area contributed by atoms with Gasteiger partial charge in [-0.25, -0.2) is 13.7 Å². The van der Waals surface area contributed by atoms with E-state index in [1.165, 1.54) is 24.3 Å². The highest BCUT2D eigenvalue weighted by molar-refractivity contribution is 5.76. The molecule has 1 aliphatic heterocycles. The zero-order valence-electron chi connectivity index (χ0n) is 18.7. The van der Waals surface area contributed by atoms with Gasteiger partial charge in [0, 0.05) is 56.7 Å². The molecular weight excluding hydrogens is 439 g/mol. The fourth-order valence-electron chi connectivity index (χ4n) is 4.11. The number of nitrogens with zero attached hydrogens (tertiary/aromatic N) is 6. The number of carbonyl (C=O) groups is 1. The van der Waals surface area contributed by atoms with Crippen LogP contribution in [-0.2, 0) is 11.8 Å². The van der Waals surface area contributed by atoms with Gasteiger partial charge in [-0.3, -0.25) is 4.68 Å². The maximum atomic E-state index is 13.0. The van der Waals surface area contributed by atoms with E-state index in [9.17, 15) is 14.3 Å². The van der Waals surface area contributed by atoms with Crippen molar-refractivity contribution in [2.45, 2.75) is 6.10 Å². The second kappa shape index (κ2) is 9.14. The Morgan fingerprint density at radius 3 is 2.50 bits per heavy atom. The number of fused-ring (bicyclic) bond motifs is 1. The van der Waals surface area contributed by atoms with Gasteiger partial charge in [-0.15, -0.1) is 0 Å². The van der Waals surface area contributed by atoms with Crippen LogP contribution in [0, 0.1) is 5.82 Å². The van der Waals surface area contributed by atoms with Crippen LogP contribution in [0.15, 0.2) is 61.2 Å². The van der Waals surface area contributed by atoms with Crippen molar-refractivity contribution in [1.29, 1.82) is 0 Å². The Morgan fingerprint density at radius 2 is 1.79 bits per heavy atom. The van der Waals surface area contributed by atoms with Crippen LogP contribution in [0.3, 0.4) is 0 Å². The number of aliphatic hydroxyl groups is 1. The Kier molecular flexibility index (Phi) is 5.89. The summed E-state index contributed by atoms with van der Waals surface area (Å²) in [6, 6.07) is 9.57. The molecule has 1 N–H and O–H groups in total. The number of amides is 1. The Bertz CT molecular complexity index is 1290. The van der Waals surface area contributed by atoms with E-state index in [1.54, 1.807) is 9.58 Å². The number of aromatic nitrogens is 4. The molecule has 1 aromatic carbocycles. The van der Waals surface area contributed by atoms with E-state index in [0.717, 1.165) is 22.3 Å². The quantitative estimate of drug-likeness (QED) is 0.489. The van der Waals surface area contributed by atoms with Crippen LogP contribution in [0.2, 0.25) is 0 Å². The highest BCUT2D eigenvalue weighted by atomic mass is 19.1. The van der Waals surface area contributed by atoms with Gasteiger partial charge >= 0.3 is 6.09 Å². The summed E-state index contributed by atoms with van der Waals surface area (Å²) in [5.41, 5.74) is 4.56. The molecule has 1 atom stereocenters. The number of anilines is 1. The third-order valence-corrected chi connectivity index (χ3v) is 6.03. The molecule has 1 fully saturated rings. The van der Waals surface area contributed by atoms with Crippen LogP contribution in [0.5, 0.6) is 0 Å². The predicted molar refractivity (Wildman–Crippen MR) is 124 cm³/mol. The number of rotatable bonds is 5. The standard InChI is InChI=1S/C24H25FN6O3/c1-28-14-19(12-26-28)18-4-7-21-22(13-27-31(21)15-18)29-8-10-30(11-9-29)24(33)34-16-23(32)17-2-5-20(25)6-3-17/h2-7,12-15,23,32H,8-11,16H2,1H3. The molecule has 34 heavy (non-hydrogen) atoms. The molecule has 176 valence electrons. The van der Waals surface area contributed by atoms with Gasteiger partial charge in [-0.2, -0.15) is 10.2 Å². The number of aryl methyl sites for hydroxylation is 1. The van der Waals surface area contributed by atoms with Gasteiger partial charge < -0.3 is 19.6 Å². The molecule has 3 aromatic heterocycles. The van der Waals surface area contributed by atoms with Gasteiger partial charge in [0.1, 0.15) is 18.5 Å². The molecule has 0 aliphatic carbocycles. The molecule has 4 heterocycles. The number of pyridine rings is 1. The summed E-state index contributed by atoms with van der Waals surface area (Å²) in [4.78, 5) is 16.3. The van der Waals surface area contributed by atoms with Crippen molar-refractivity contribution >= 4 is 17.3 Å². The molecule has 10 heteroatoms. The molecular formula is C24H25FN6O3. The van der Waals surface area contributed by atoms with Gasteiger partial charge in [0.2, 0.25) is 0 Å². The normalized spacial score (nSPS) is 15.0. The van der Waals surface area contributed by atoms with Crippen molar-refractivity contribution in [1.82, 2.24) is 24.3 Å². The van der Waals surface area contributed by atoms with Crippen LogP contribution in [0.4, 0.5) is 14.9 Å². The summed E-state index contributed by atoms with van der Waals surface area (Å²) in [5, 5.41) is 18.9. The first-order chi connectivity index (χ1) is 16.5. The summed E-state index contributed by atoms with van der Waals surface area (Å²) >= 11 is 0. The number of hydrogen-bond donors (Lipinski definition) is 1. The molecule has 0 saturated carbocycles. The molecule has 1 aliphatic rings. The number of halogens is 1. The number of ether oxygens (including phenoxy) is 1. The zero-order chi connectivity index (χ0) is 23.7. The molecule has 5 rings (SSSR count). The van der Waals surface area contributed by atoms with Gasteiger partial charge in [0.05, 0.1) is 23.6 Å². The largest absolute Gasteiger partial charge is 0.446 e. The van der Waals surface area contributed by atoms with E-state index in [1.807, 2.05) is 42.4 Å². The van der Waals surface area contributed by atoms with Crippen LogP contribution < -0.4 is 4.90 Å². The Morgan fingerprint density at radius 1 is 1.03 bits per heavy atom. The third-order valence-electron chi connectivity index (χ3n) is 6.03. The minimum absolute atomic E-state index is 0.183. The van der Waals surface area contributed by atoms with Gasteiger partial charge in [-0.1, -0.05) is 18.2 Å². The fourth-order valence-corrected chi connectivity index (χ4v) is 4.11. The summed E-state index contributed by atoms with van der Waals surface area (Å²) < 4.78 is 21.9. The lowest BCUT2D eigenvalue weighted by Gasteiger charge is -2.35. The number of benzene rings is 1. The molecule has 0 radical (unpaired) electrons. The summed E-state index contributed by atoms with van der Waals surface area (Å²) in [7, 11) is 1.89. The Labute approximate surface area is 195 Å². The SMILES string of the molecule is Cn1cc(-c2ccc3c(N4CCN(C(=O)OCC(O)c5ccc(F)cc5)CC4)cnn3c2)cn1. The number of hydrogen-bond acceptors (Lipinski definition) is 6. The Balaban J connectivity index is 1.18. The first-order valence-corrected chi connectivity index (χ1v) is 11.0. The van der Waals surface area contributed by atoms with Crippen molar-refractivity contribution < 1.29 is 19.0 Å². The van der Waals surface area contributed by atoms with Crippen molar-refractivity contribution in [3.8, 4) is 11.1 Å². The minimum Gasteiger partial charge on any atom is -0.446 e. The average molecular weight is 465 g/mol. The Hall–Kier alpha value is -3.92. The van der Waals surface area contributed by atoms with Gasteiger partial charge in [-0.05, 0) is 23.8 Å². The maximum absolute atomic E-state index is 13.0. The highest BCUT2D eigenvalue weighted by Gasteiger charge is 2.25. The summed E-state index contributed by atoms with van der Waals surface area (Å²) in [6.45, 7) is 2.09. The van der Waals surface area contributed by atoms with Crippen LogP contribution in [-0.4, -0.2) is 68.3 Å². The molecule has 4 aromatic rings. The highest BCUT2D eigenvalue weighted by Crippen LogP contribution is 2.26. The molecule has 9 nitrogen and oxygen atoms in total. The van der Waals surface area contributed by atoms with Crippen LogP contribution in [0.25, 0.3) is 16.6 Å². The molecule has 0 bridgehead atoms. The van der Waals surface area contributed by atoms with Crippen LogP contribution >= 0.6 is 0 Å². The third kappa shape index (κ3) is 4.44. The van der Waals surface area contributed by atoms with E-state index in [4.69, 9.17) is 4.74 Å². The van der Waals surface area contributed by atoms with E-state index in [0.29, 0.717) is 31.7 Å². The van der Waals surface area contributed by atoms with Crippen molar-refractivity contribution in [2.75, 3.05) is 37.7 Å². The molecule has 1 saturated heterocycles. The van der Waals surface area contributed by atoms with Crippen molar-refractivity contribution in [3.63, 3.8) is 0 Å². The van der Waals surface area contributed by atoms with Gasteiger partial charge in [0.25, 0.3) is 0 Å². The van der Waals surface area contributed by atoms with Crippen LogP contribution in [0.1, 0.15) is 11.7 Å². The zero-order valence-corrected chi connectivity index (χ0v) is 18.7. The molecule has 1 unspecified atom stereocenters. The minimum atomic E-state index is -0.999. The average Bonchev–Trinajstić information content (AvgIpc) is 3.48. The summed E-state index contributed by atoms with van der Waals surface area (Å²) in [6.07, 6.45) is 6.14. The lowest BCUT2D eigenvalue weighted by atomic mass is 10.1. The van der Waals surface area contributed by atoms with E-state index in [-0.39, 0.29) is 12.4 Å². The topological polar surface area (TPSA) is 88.1 Å². The summed E-state index contributed by atoms with van der Waals surface area (Å²) in [5.74, 6) is -0.383. The first-order valence-electron chi connectivity index (χ1n) is 11.0. The second-order valence-corrected chi connectivity index (χ2v) is 8.30. The fraction of sp³-hybridized carbons (Fsp3) is 0.292. The maximum Gasteiger partial charge on any atom is 0.409 e.